The molecule has 0 bridgehead atoms. The first kappa shape index (κ1) is 15.0. The van der Waals surface area contributed by atoms with Gasteiger partial charge in [0.1, 0.15) is 6.61 Å². The van der Waals surface area contributed by atoms with E-state index in [2.05, 4.69) is 10.6 Å². The lowest BCUT2D eigenvalue weighted by Crippen LogP contribution is -2.41. The van der Waals surface area contributed by atoms with Crippen LogP contribution in [0.3, 0.4) is 0 Å². The zero-order valence-corrected chi connectivity index (χ0v) is 12.1. The predicted octanol–water partition coefficient (Wildman–Crippen LogP) is -0.289. The number of carbonyl (C=O) groups excluding carboxylic acids is 2. The van der Waals surface area contributed by atoms with Crippen LogP contribution in [0.5, 0.6) is 0 Å². The van der Waals surface area contributed by atoms with E-state index in [1.165, 1.54) is 0 Å². The highest BCUT2D eigenvalue weighted by molar-refractivity contribution is 5.97. The number of aliphatic hydroxyl groups excluding tert-OH is 1. The lowest BCUT2D eigenvalue weighted by molar-refractivity contribution is -0.125. The molecule has 1 aromatic carbocycles. The molecule has 0 spiro atoms. The fourth-order valence-corrected chi connectivity index (χ4v) is 2.66. The molecule has 7 nitrogen and oxygen atoms in total. The van der Waals surface area contributed by atoms with Gasteiger partial charge in [-0.2, -0.15) is 0 Å². The van der Waals surface area contributed by atoms with Crippen molar-refractivity contribution in [1.29, 1.82) is 0 Å². The van der Waals surface area contributed by atoms with Gasteiger partial charge in [0, 0.05) is 24.5 Å². The van der Waals surface area contributed by atoms with Gasteiger partial charge in [-0.3, -0.25) is 9.59 Å². The molecule has 3 N–H and O–H groups in total. The van der Waals surface area contributed by atoms with Gasteiger partial charge in [0.15, 0.2) is 0 Å². The van der Waals surface area contributed by atoms with Gasteiger partial charge in [-0.15, -0.1) is 0 Å². The molecule has 2 fully saturated rings. The number of aliphatic hydroxyl groups is 1. The molecule has 2 unspecified atom stereocenters. The van der Waals surface area contributed by atoms with Crippen molar-refractivity contribution in [2.24, 2.45) is 0 Å². The van der Waals surface area contributed by atoms with Crippen LogP contribution in [0, 0.1) is 0 Å². The Bertz CT molecular complexity index is 560. The third-order valence-corrected chi connectivity index (χ3v) is 3.86. The summed E-state index contributed by atoms with van der Waals surface area (Å²) in [6.07, 6.45) is -0.0444. The van der Waals surface area contributed by atoms with E-state index in [0.717, 1.165) is 5.69 Å². The minimum Gasteiger partial charge on any atom is -0.392 e. The summed E-state index contributed by atoms with van der Waals surface area (Å²) in [6.45, 7) is 1.61. The predicted molar refractivity (Wildman–Crippen MR) is 80.7 cm³/mol. The summed E-state index contributed by atoms with van der Waals surface area (Å²) in [5.41, 5.74) is 1.46. The smallest absolute Gasteiger partial charge is 0.253 e. The first-order chi connectivity index (χ1) is 10.6. The molecule has 0 aliphatic carbocycles. The van der Waals surface area contributed by atoms with Crippen molar-refractivity contribution in [3.8, 4) is 0 Å². The highest BCUT2D eigenvalue weighted by atomic mass is 16.5. The maximum Gasteiger partial charge on any atom is 0.253 e. The molecule has 2 aliphatic rings. The van der Waals surface area contributed by atoms with Crippen LogP contribution in [0.15, 0.2) is 24.3 Å². The van der Waals surface area contributed by atoms with E-state index in [0.29, 0.717) is 31.8 Å². The van der Waals surface area contributed by atoms with Crippen molar-refractivity contribution >= 4 is 23.2 Å². The topological polar surface area (TPSA) is 90.9 Å². The SMILES string of the molecule is O=C(Nc1ccc(N2CCOCC2=O)cc1)C1CC(O)CN1. The highest BCUT2D eigenvalue weighted by Gasteiger charge is 2.28. The molecule has 3 rings (SSSR count). The molecule has 2 aliphatic heterocycles. The molecule has 0 aromatic heterocycles. The number of morpholine rings is 1. The summed E-state index contributed by atoms with van der Waals surface area (Å²) in [5.74, 6) is -0.223. The molecule has 1 aromatic rings. The Morgan fingerprint density at radius 2 is 2.14 bits per heavy atom. The number of ether oxygens (including phenoxy) is 1. The van der Waals surface area contributed by atoms with E-state index in [1.54, 1.807) is 29.2 Å². The molecular weight excluding hydrogens is 286 g/mol. The number of hydrogen-bond donors (Lipinski definition) is 3. The Kier molecular flexibility index (Phi) is 4.37. The number of amides is 2. The van der Waals surface area contributed by atoms with Crippen molar-refractivity contribution < 1.29 is 19.4 Å². The van der Waals surface area contributed by atoms with Crippen molar-refractivity contribution in [1.82, 2.24) is 5.32 Å². The van der Waals surface area contributed by atoms with Crippen molar-refractivity contribution in [2.75, 3.05) is 36.5 Å². The first-order valence-electron chi connectivity index (χ1n) is 7.34. The Hall–Kier alpha value is -1.96. The van der Waals surface area contributed by atoms with Crippen LogP contribution < -0.4 is 15.5 Å². The lowest BCUT2D eigenvalue weighted by Gasteiger charge is -2.27. The number of nitrogens with zero attached hydrogens (tertiary/aromatic N) is 1. The molecule has 2 amide bonds. The fraction of sp³-hybridized carbons (Fsp3) is 0.467. The fourth-order valence-electron chi connectivity index (χ4n) is 2.66. The maximum absolute atomic E-state index is 12.0. The van der Waals surface area contributed by atoms with Crippen LogP contribution in [0.4, 0.5) is 11.4 Å². The minimum atomic E-state index is -0.467. The molecule has 2 heterocycles. The van der Waals surface area contributed by atoms with Gasteiger partial charge in [-0.1, -0.05) is 0 Å². The summed E-state index contributed by atoms with van der Waals surface area (Å²) in [4.78, 5) is 25.5. The van der Waals surface area contributed by atoms with E-state index in [9.17, 15) is 14.7 Å². The Morgan fingerprint density at radius 1 is 1.36 bits per heavy atom. The summed E-state index contributed by atoms with van der Waals surface area (Å²) in [6, 6.07) is 6.77. The Balaban J connectivity index is 1.61. The molecule has 0 radical (unpaired) electrons. The molecule has 0 saturated carbocycles. The second-order valence-electron chi connectivity index (χ2n) is 5.48. The van der Waals surface area contributed by atoms with Crippen molar-refractivity contribution in [3.05, 3.63) is 24.3 Å². The summed E-state index contributed by atoms with van der Waals surface area (Å²) in [5, 5.41) is 15.2. The average Bonchev–Trinajstić information content (AvgIpc) is 2.95. The third-order valence-electron chi connectivity index (χ3n) is 3.86. The molecule has 2 atom stereocenters. The largest absolute Gasteiger partial charge is 0.392 e. The van der Waals surface area contributed by atoms with Crippen LogP contribution in [0.25, 0.3) is 0 Å². The van der Waals surface area contributed by atoms with Gasteiger partial charge >= 0.3 is 0 Å². The molecule has 118 valence electrons. The van der Waals surface area contributed by atoms with Gasteiger partial charge in [0.05, 0.1) is 18.8 Å². The van der Waals surface area contributed by atoms with Crippen LogP contribution in [-0.2, 0) is 14.3 Å². The number of nitrogens with one attached hydrogen (secondary N) is 2. The second-order valence-corrected chi connectivity index (χ2v) is 5.48. The average molecular weight is 305 g/mol. The van der Waals surface area contributed by atoms with Crippen LogP contribution in [0.1, 0.15) is 6.42 Å². The van der Waals surface area contributed by atoms with Gasteiger partial charge < -0.3 is 25.4 Å². The van der Waals surface area contributed by atoms with E-state index >= 15 is 0 Å². The quantitative estimate of drug-likeness (QED) is 0.714. The third kappa shape index (κ3) is 3.27. The number of β-amino-alcohol motifs (C(OH)–C–C–N with tert-alkyl or cyclic N) is 1. The Morgan fingerprint density at radius 3 is 2.77 bits per heavy atom. The summed E-state index contributed by atoms with van der Waals surface area (Å²) in [7, 11) is 0. The summed E-state index contributed by atoms with van der Waals surface area (Å²) < 4.78 is 5.10. The van der Waals surface area contributed by atoms with Gasteiger partial charge in [0.25, 0.3) is 5.91 Å². The van der Waals surface area contributed by atoms with Gasteiger partial charge in [-0.25, -0.2) is 0 Å². The number of hydrogen-bond acceptors (Lipinski definition) is 5. The number of rotatable bonds is 3. The van der Waals surface area contributed by atoms with E-state index in [-0.39, 0.29) is 24.5 Å². The first-order valence-corrected chi connectivity index (χ1v) is 7.34. The standard InChI is InChI=1S/C15H19N3O4/c19-12-7-13(16-8-12)15(21)17-10-1-3-11(4-2-10)18-5-6-22-9-14(18)20/h1-4,12-13,16,19H,5-9H2,(H,17,21). The highest BCUT2D eigenvalue weighted by Crippen LogP contribution is 2.20. The normalized spacial score (nSPS) is 25.3. The molecular formula is C15H19N3O4. The lowest BCUT2D eigenvalue weighted by atomic mass is 10.2. The monoisotopic (exact) mass is 305 g/mol. The molecule has 2 saturated heterocycles. The molecule has 22 heavy (non-hydrogen) atoms. The molecule has 7 heteroatoms. The van der Waals surface area contributed by atoms with E-state index in [4.69, 9.17) is 4.74 Å². The van der Waals surface area contributed by atoms with Crippen LogP contribution >= 0.6 is 0 Å². The van der Waals surface area contributed by atoms with Crippen molar-refractivity contribution in [2.45, 2.75) is 18.6 Å². The number of anilines is 2. The van der Waals surface area contributed by atoms with Crippen LogP contribution in [0.2, 0.25) is 0 Å². The maximum atomic E-state index is 12.0. The van der Waals surface area contributed by atoms with E-state index in [1.807, 2.05) is 0 Å². The zero-order valence-electron chi connectivity index (χ0n) is 12.1. The zero-order chi connectivity index (χ0) is 15.5. The number of carbonyl (C=O) groups is 2. The second kappa shape index (κ2) is 6.43. The Labute approximate surface area is 128 Å². The number of benzene rings is 1. The van der Waals surface area contributed by atoms with Gasteiger partial charge in [0.2, 0.25) is 5.91 Å². The van der Waals surface area contributed by atoms with Crippen LogP contribution in [-0.4, -0.2) is 55.4 Å². The van der Waals surface area contributed by atoms with Gasteiger partial charge in [-0.05, 0) is 30.7 Å². The minimum absolute atomic E-state index is 0.0628. The van der Waals surface area contributed by atoms with E-state index < -0.39 is 6.10 Å². The van der Waals surface area contributed by atoms with Crippen molar-refractivity contribution in [3.63, 3.8) is 0 Å². The summed E-state index contributed by atoms with van der Waals surface area (Å²) >= 11 is 0.